The van der Waals surface area contributed by atoms with Crippen LogP contribution in [0.15, 0.2) is 30.3 Å². The van der Waals surface area contributed by atoms with Crippen molar-refractivity contribution in [2.24, 2.45) is 5.73 Å². The summed E-state index contributed by atoms with van der Waals surface area (Å²) in [7, 11) is 0. The third-order valence-corrected chi connectivity index (χ3v) is 3.08. The molecule has 0 fully saturated rings. The van der Waals surface area contributed by atoms with E-state index in [1.807, 2.05) is 30.3 Å². The number of hydrogen-bond acceptors (Lipinski definition) is 3. The fourth-order valence-corrected chi connectivity index (χ4v) is 1.97. The fraction of sp³-hybridized carbons (Fsp3) is 0.533. The zero-order valence-corrected chi connectivity index (χ0v) is 11.6. The van der Waals surface area contributed by atoms with Crippen molar-refractivity contribution in [3.05, 3.63) is 35.9 Å². The second-order valence-electron chi connectivity index (χ2n) is 4.72. The highest BCUT2D eigenvalue weighted by atomic mass is 16.3. The normalized spacial score (nSPS) is 12.2. The number of rotatable bonds is 8. The van der Waals surface area contributed by atoms with Gasteiger partial charge in [0.1, 0.15) is 0 Å². The van der Waals surface area contributed by atoms with Crippen LogP contribution in [-0.2, 0) is 11.3 Å². The Morgan fingerprint density at radius 1 is 1.37 bits per heavy atom. The molecule has 19 heavy (non-hydrogen) atoms. The van der Waals surface area contributed by atoms with E-state index in [1.54, 1.807) is 4.90 Å². The Labute approximate surface area is 115 Å². The van der Waals surface area contributed by atoms with Gasteiger partial charge >= 0.3 is 0 Å². The van der Waals surface area contributed by atoms with Crippen LogP contribution in [0.2, 0.25) is 0 Å². The maximum absolute atomic E-state index is 12.2. The smallest absolute Gasteiger partial charge is 0.239 e. The van der Waals surface area contributed by atoms with Crippen LogP contribution in [-0.4, -0.2) is 35.1 Å². The van der Waals surface area contributed by atoms with Gasteiger partial charge in [-0.2, -0.15) is 0 Å². The molecule has 106 valence electrons. The van der Waals surface area contributed by atoms with E-state index in [2.05, 4.69) is 6.92 Å². The number of hydrogen-bond donors (Lipinski definition) is 2. The summed E-state index contributed by atoms with van der Waals surface area (Å²) in [4.78, 5) is 13.9. The Morgan fingerprint density at radius 3 is 2.63 bits per heavy atom. The van der Waals surface area contributed by atoms with E-state index in [4.69, 9.17) is 10.8 Å². The van der Waals surface area contributed by atoms with Crippen molar-refractivity contribution in [1.29, 1.82) is 0 Å². The van der Waals surface area contributed by atoms with Crippen LogP contribution in [0, 0.1) is 0 Å². The van der Waals surface area contributed by atoms with E-state index in [-0.39, 0.29) is 12.5 Å². The molecule has 0 aliphatic carbocycles. The summed E-state index contributed by atoms with van der Waals surface area (Å²) < 4.78 is 0. The standard InChI is InChI=1S/C15H24N2O2/c1-2-3-9-14(16)15(19)17(10-11-18)12-13-7-5-4-6-8-13/h4-8,14,18H,2-3,9-12,16H2,1H3. The van der Waals surface area contributed by atoms with Crippen LogP contribution in [0.5, 0.6) is 0 Å². The van der Waals surface area contributed by atoms with Gasteiger partial charge in [-0.05, 0) is 12.0 Å². The van der Waals surface area contributed by atoms with Gasteiger partial charge < -0.3 is 15.7 Å². The lowest BCUT2D eigenvalue weighted by molar-refractivity contribution is -0.133. The summed E-state index contributed by atoms with van der Waals surface area (Å²) in [5, 5.41) is 9.09. The molecule has 1 unspecified atom stereocenters. The predicted octanol–water partition coefficient (Wildman–Crippen LogP) is 1.52. The van der Waals surface area contributed by atoms with E-state index in [1.165, 1.54) is 0 Å². The maximum Gasteiger partial charge on any atom is 0.239 e. The summed E-state index contributed by atoms with van der Waals surface area (Å²) in [6, 6.07) is 9.29. The first-order valence-electron chi connectivity index (χ1n) is 6.88. The number of amides is 1. The van der Waals surface area contributed by atoms with Crippen molar-refractivity contribution in [2.75, 3.05) is 13.2 Å². The molecule has 1 rings (SSSR count). The lowest BCUT2D eigenvalue weighted by Crippen LogP contribution is -2.44. The van der Waals surface area contributed by atoms with Crippen molar-refractivity contribution in [1.82, 2.24) is 4.90 Å². The first-order valence-corrected chi connectivity index (χ1v) is 6.88. The van der Waals surface area contributed by atoms with Gasteiger partial charge in [-0.1, -0.05) is 50.1 Å². The van der Waals surface area contributed by atoms with Crippen LogP contribution >= 0.6 is 0 Å². The molecule has 4 heteroatoms. The van der Waals surface area contributed by atoms with E-state index >= 15 is 0 Å². The highest BCUT2D eigenvalue weighted by Gasteiger charge is 2.20. The number of carbonyl (C=O) groups is 1. The van der Waals surface area contributed by atoms with Gasteiger partial charge in [-0.15, -0.1) is 0 Å². The number of benzene rings is 1. The zero-order valence-electron chi connectivity index (χ0n) is 11.6. The Bertz CT molecular complexity index is 368. The van der Waals surface area contributed by atoms with Gasteiger partial charge in [0.05, 0.1) is 12.6 Å². The largest absolute Gasteiger partial charge is 0.395 e. The molecule has 3 N–H and O–H groups in total. The van der Waals surface area contributed by atoms with Gasteiger partial charge in [0.15, 0.2) is 0 Å². The highest BCUT2D eigenvalue weighted by Crippen LogP contribution is 2.08. The molecule has 1 aromatic carbocycles. The summed E-state index contributed by atoms with van der Waals surface area (Å²) in [6.07, 6.45) is 2.68. The molecule has 0 saturated carbocycles. The molecule has 1 atom stereocenters. The molecule has 0 spiro atoms. The minimum absolute atomic E-state index is 0.0426. The number of unbranched alkanes of at least 4 members (excludes halogenated alkanes) is 1. The lowest BCUT2D eigenvalue weighted by atomic mass is 10.1. The van der Waals surface area contributed by atoms with Crippen LogP contribution < -0.4 is 5.73 Å². The molecule has 0 radical (unpaired) electrons. The number of aliphatic hydroxyl groups excluding tert-OH is 1. The van der Waals surface area contributed by atoms with Crippen molar-refractivity contribution in [2.45, 2.75) is 38.8 Å². The molecular weight excluding hydrogens is 240 g/mol. The van der Waals surface area contributed by atoms with Crippen LogP contribution in [0.4, 0.5) is 0 Å². The topological polar surface area (TPSA) is 66.6 Å². The average molecular weight is 264 g/mol. The van der Waals surface area contributed by atoms with Crippen LogP contribution in [0.25, 0.3) is 0 Å². The van der Waals surface area contributed by atoms with Crippen LogP contribution in [0.1, 0.15) is 31.7 Å². The lowest BCUT2D eigenvalue weighted by Gasteiger charge is -2.25. The molecule has 1 amide bonds. The van der Waals surface area contributed by atoms with Crippen molar-refractivity contribution in [3.8, 4) is 0 Å². The molecule has 1 aromatic rings. The van der Waals surface area contributed by atoms with Gasteiger partial charge in [-0.3, -0.25) is 4.79 Å². The third kappa shape index (κ3) is 5.41. The number of nitrogens with two attached hydrogens (primary N) is 1. The first-order chi connectivity index (χ1) is 9.19. The minimum atomic E-state index is -0.463. The first kappa shape index (κ1) is 15.7. The molecule has 0 saturated heterocycles. The Kier molecular flexibility index (Phi) is 7.15. The van der Waals surface area contributed by atoms with Gasteiger partial charge in [0.25, 0.3) is 0 Å². The summed E-state index contributed by atoms with van der Waals surface area (Å²) in [6.45, 7) is 2.86. The van der Waals surface area contributed by atoms with E-state index < -0.39 is 6.04 Å². The second-order valence-corrected chi connectivity index (χ2v) is 4.72. The van der Waals surface area contributed by atoms with Crippen LogP contribution in [0.3, 0.4) is 0 Å². The maximum atomic E-state index is 12.2. The number of nitrogens with zero attached hydrogens (tertiary/aromatic N) is 1. The minimum Gasteiger partial charge on any atom is -0.395 e. The number of aliphatic hydroxyl groups is 1. The monoisotopic (exact) mass is 264 g/mol. The second kappa shape index (κ2) is 8.67. The molecule has 0 aliphatic heterocycles. The van der Waals surface area contributed by atoms with Crippen molar-refractivity contribution in [3.63, 3.8) is 0 Å². The average Bonchev–Trinajstić information content (AvgIpc) is 2.44. The molecule has 0 aromatic heterocycles. The fourth-order valence-electron chi connectivity index (χ4n) is 1.97. The quantitative estimate of drug-likeness (QED) is 0.748. The Balaban J connectivity index is 2.63. The Hall–Kier alpha value is -1.39. The SMILES string of the molecule is CCCCC(N)C(=O)N(CCO)Cc1ccccc1. The summed E-state index contributed by atoms with van der Waals surface area (Å²) >= 11 is 0. The highest BCUT2D eigenvalue weighted by molar-refractivity contribution is 5.81. The summed E-state index contributed by atoms with van der Waals surface area (Å²) in [5.41, 5.74) is 6.96. The molecule has 0 aliphatic rings. The van der Waals surface area contributed by atoms with Gasteiger partial charge in [-0.25, -0.2) is 0 Å². The summed E-state index contributed by atoms with van der Waals surface area (Å²) in [5.74, 6) is -0.0775. The van der Waals surface area contributed by atoms with E-state index in [9.17, 15) is 4.79 Å². The molecule has 0 bridgehead atoms. The van der Waals surface area contributed by atoms with E-state index in [0.29, 0.717) is 19.5 Å². The van der Waals surface area contributed by atoms with Gasteiger partial charge in [0.2, 0.25) is 5.91 Å². The van der Waals surface area contributed by atoms with Crippen molar-refractivity contribution >= 4 is 5.91 Å². The molecule has 4 nitrogen and oxygen atoms in total. The predicted molar refractivity (Wildman–Crippen MR) is 76.4 cm³/mol. The van der Waals surface area contributed by atoms with E-state index in [0.717, 1.165) is 18.4 Å². The number of carbonyl (C=O) groups excluding carboxylic acids is 1. The van der Waals surface area contributed by atoms with Gasteiger partial charge in [0, 0.05) is 13.1 Å². The molecular formula is C15H24N2O2. The van der Waals surface area contributed by atoms with Crippen molar-refractivity contribution < 1.29 is 9.90 Å². The molecule has 0 heterocycles. The zero-order chi connectivity index (χ0) is 14.1. The Morgan fingerprint density at radius 2 is 2.05 bits per heavy atom. The third-order valence-electron chi connectivity index (χ3n) is 3.08.